The van der Waals surface area contributed by atoms with E-state index in [4.69, 9.17) is 4.43 Å². The molecule has 3 nitrogen and oxygen atoms in total. The number of aromatic nitrogens is 1. The van der Waals surface area contributed by atoms with Crippen molar-refractivity contribution >= 4 is 19.2 Å². The lowest BCUT2D eigenvalue weighted by molar-refractivity contribution is 0.282. The van der Waals surface area contributed by atoms with Crippen LogP contribution in [-0.4, -0.2) is 19.9 Å². The van der Waals surface area contributed by atoms with Gasteiger partial charge >= 0.3 is 0 Å². The van der Waals surface area contributed by atoms with Crippen LogP contribution in [0.25, 0.3) is 10.9 Å². The fraction of sp³-hybridized carbons (Fsp3) is 0.500. The second-order valence-corrected chi connectivity index (χ2v) is 12.2. The Labute approximate surface area is 133 Å². The Morgan fingerprint density at radius 3 is 2.55 bits per heavy atom. The SMILES string of the molecule is CC(C)(C)[Si](C)(C)OCCCc1cc2ccccc2[nH]c1=O. The molecule has 0 saturated heterocycles. The molecular weight excluding hydrogens is 290 g/mol. The Hall–Kier alpha value is -1.39. The molecule has 22 heavy (non-hydrogen) atoms. The van der Waals surface area contributed by atoms with E-state index in [0.717, 1.165) is 35.9 Å². The largest absolute Gasteiger partial charge is 0.417 e. The molecule has 1 heterocycles. The predicted octanol–water partition coefficient (Wildman–Crippen LogP) is 4.48. The Morgan fingerprint density at radius 1 is 1.18 bits per heavy atom. The molecule has 0 aliphatic rings. The van der Waals surface area contributed by atoms with Crippen LogP contribution < -0.4 is 5.56 Å². The first-order valence-electron chi connectivity index (χ1n) is 7.96. The summed E-state index contributed by atoms with van der Waals surface area (Å²) in [5.74, 6) is 0. The van der Waals surface area contributed by atoms with Gasteiger partial charge in [0.05, 0.1) is 0 Å². The maximum absolute atomic E-state index is 12.1. The first-order valence-corrected chi connectivity index (χ1v) is 10.9. The fourth-order valence-corrected chi connectivity index (χ4v) is 3.27. The van der Waals surface area contributed by atoms with Gasteiger partial charge in [0.15, 0.2) is 8.32 Å². The van der Waals surface area contributed by atoms with Crippen molar-refractivity contribution in [2.75, 3.05) is 6.61 Å². The Balaban J connectivity index is 1.98. The van der Waals surface area contributed by atoms with E-state index in [2.05, 4.69) is 38.8 Å². The third-order valence-corrected chi connectivity index (χ3v) is 9.23. The number of hydrogen-bond donors (Lipinski definition) is 1. The first-order chi connectivity index (χ1) is 10.2. The normalized spacial score (nSPS) is 12.8. The van der Waals surface area contributed by atoms with Crippen LogP contribution in [0.1, 0.15) is 32.8 Å². The quantitative estimate of drug-likeness (QED) is 0.652. The van der Waals surface area contributed by atoms with Crippen molar-refractivity contribution in [2.24, 2.45) is 0 Å². The summed E-state index contributed by atoms with van der Waals surface area (Å²) in [5, 5.41) is 1.32. The molecule has 2 rings (SSSR count). The molecule has 0 spiro atoms. The van der Waals surface area contributed by atoms with Crippen molar-refractivity contribution in [3.63, 3.8) is 0 Å². The van der Waals surface area contributed by atoms with Crippen LogP contribution in [0.4, 0.5) is 0 Å². The molecule has 0 bridgehead atoms. The first kappa shape index (κ1) is 17.0. The van der Waals surface area contributed by atoms with E-state index < -0.39 is 8.32 Å². The number of aromatic amines is 1. The smallest absolute Gasteiger partial charge is 0.251 e. The summed E-state index contributed by atoms with van der Waals surface area (Å²) in [6.07, 6.45) is 1.64. The van der Waals surface area contributed by atoms with Gasteiger partial charge < -0.3 is 9.41 Å². The lowest BCUT2D eigenvalue weighted by atomic mass is 10.1. The highest BCUT2D eigenvalue weighted by Crippen LogP contribution is 2.36. The van der Waals surface area contributed by atoms with Crippen molar-refractivity contribution in [1.82, 2.24) is 4.98 Å². The summed E-state index contributed by atoms with van der Waals surface area (Å²) < 4.78 is 6.17. The summed E-state index contributed by atoms with van der Waals surface area (Å²) in [4.78, 5) is 15.0. The van der Waals surface area contributed by atoms with Crippen LogP contribution in [0, 0.1) is 0 Å². The lowest BCUT2D eigenvalue weighted by Crippen LogP contribution is -2.41. The van der Waals surface area contributed by atoms with Gasteiger partial charge in [0.1, 0.15) is 0 Å². The molecule has 0 radical (unpaired) electrons. The molecule has 0 atom stereocenters. The molecular formula is C18H27NO2Si. The van der Waals surface area contributed by atoms with Gasteiger partial charge in [-0.15, -0.1) is 0 Å². The second-order valence-electron chi connectivity index (χ2n) is 7.42. The number of nitrogens with one attached hydrogen (secondary N) is 1. The standard InChI is InChI=1S/C18H27NO2Si/c1-18(2,3)22(4,5)21-12-8-10-15-13-14-9-6-7-11-16(14)19-17(15)20/h6-7,9,11,13H,8,10,12H2,1-5H3,(H,19,20). The van der Waals surface area contributed by atoms with Crippen LogP contribution in [0.2, 0.25) is 18.1 Å². The van der Waals surface area contributed by atoms with Crippen LogP contribution in [0.5, 0.6) is 0 Å². The number of rotatable bonds is 5. The van der Waals surface area contributed by atoms with E-state index in [1.54, 1.807) is 0 Å². The molecule has 120 valence electrons. The minimum absolute atomic E-state index is 0.0195. The zero-order chi connectivity index (χ0) is 16.4. The molecule has 0 amide bonds. The number of H-pyrrole nitrogens is 1. The van der Waals surface area contributed by atoms with Crippen LogP contribution in [0.3, 0.4) is 0 Å². The minimum Gasteiger partial charge on any atom is -0.417 e. The molecule has 0 aliphatic heterocycles. The highest BCUT2D eigenvalue weighted by molar-refractivity contribution is 6.74. The zero-order valence-corrected chi connectivity index (χ0v) is 15.3. The van der Waals surface area contributed by atoms with E-state index in [0.29, 0.717) is 0 Å². The maximum Gasteiger partial charge on any atom is 0.251 e. The van der Waals surface area contributed by atoms with E-state index in [1.807, 2.05) is 30.3 Å². The van der Waals surface area contributed by atoms with Crippen molar-refractivity contribution in [3.8, 4) is 0 Å². The molecule has 0 fully saturated rings. The van der Waals surface area contributed by atoms with E-state index in [-0.39, 0.29) is 10.6 Å². The van der Waals surface area contributed by atoms with Crippen LogP contribution in [-0.2, 0) is 10.8 Å². The molecule has 0 saturated carbocycles. The van der Waals surface area contributed by atoms with Gasteiger partial charge in [-0.25, -0.2) is 0 Å². The Bertz CT molecular complexity index is 698. The van der Waals surface area contributed by atoms with Gasteiger partial charge in [-0.3, -0.25) is 4.79 Å². The van der Waals surface area contributed by atoms with Gasteiger partial charge in [0.25, 0.3) is 5.56 Å². The van der Waals surface area contributed by atoms with E-state index in [1.165, 1.54) is 0 Å². The summed E-state index contributed by atoms with van der Waals surface area (Å²) in [5.41, 5.74) is 1.76. The lowest BCUT2D eigenvalue weighted by Gasteiger charge is -2.36. The van der Waals surface area contributed by atoms with Crippen molar-refractivity contribution in [1.29, 1.82) is 0 Å². The zero-order valence-electron chi connectivity index (χ0n) is 14.3. The van der Waals surface area contributed by atoms with E-state index >= 15 is 0 Å². The highest BCUT2D eigenvalue weighted by atomic mass is 28.4. The molecule has 4 heteroatoms. The average Bonchev–Trinajstić information content (AvgIpc) is 2.42. The highest BCUT2D eigenvalue weighted by Gasteiger charge is 2.36. The summed E-state index contributed by atoms with van der Waals surface area (Å²) in [7, 11) is -1.69. The second kappa shape index (κ2) is 6.38. The summed E-state index contributed by atoms with van der Waals surface area (Å²) in [6, 6.07) is 9.89. The van der Waals surface area contributed by atoms with Gasteiger partial charge in [-0.05, 0) is 48.5 Å². The van der Waals surface area contributed by atoms with Crippen molar-refractivity contribution in [2.45, 2.75) is 51.7 Å². The van der Waals surface area contributed by atoms with Gasteiger partial charge in [-0.1, -0.05) is 39.0 Å². The average molecular weight is 318 g/mol. The number of hydrogen-bond acceptors (Lipinski definition) is 2. The maximum atomic E-state index is 12.1. The van der Waals surface area contributed by atoms with Crippen molar-refractivity contribution < 1.29 is 4.43 Å². The third-order valence-electron chi connectivity index (χ3n) is 4.69. The molecule has 1 aromatic carbocycles. The fourth-order valence-electron chi connectivity index (χ4n) is 2.18. The number of benzene rings is 1. The Kier molecular flexibility index (Phi) is 4.92. The minimum atomic E-state index is -1.69. The molecule has 1 N–H and O–H groups in total. The monoisotopic (exact) mass is 317 g/mol. The number of para-hydroxylation sites is 1. The number of pyridine rings is 1. The molecule has 0 unspecified atom stereocenters. The third kappa shape index (κ3) is 3.87. The molecule has 2 aromatic rings. The Morgan fingerprint density at radius 2 is 1.86 bits per heavy atom. The summed E-state index contributed by atoms with van der Waals surface area (Å²) in [6.45, 7) is 12.0. The van der Waals surface area contributed by atoms with Gasteiger partial charge in [-0.2, -0.15) is 0 Å². The number of fused-ring (bicyclic) bond motifs is 1. The number of aryl methyl sites for hydroxylation is 1. The van der Waals surface area contributed by atoms with Crippen LogP contribution >= 0.6 is 0 Å². The van der Waals surface area contributed by atoms with Crippen LogP contribution in [0.15, 0.2) is 35.1 Å². The van der Waals surface area contributed by atoms with Crippen molar-refractivity contribution in [3.05, 3.63) is 46.2 Å². The molecule has 1 aromatic heterocycles. The van der Waals surface area contributed by atoms with Gasteiger partial charge in [0, 0.05) is 17.7 Å². The summed E-state index contributed by atoms with van der Waals surface area (Å²) >= 11 is 0. The topological polar surface area (TPSA) is 42.1 Å². The predicted molar refractivity (Wildman–Crippen MR) is 96.0 cm³/mol. The molecule has 0 aliphatic carbocycles. The van der Waals surface area contributed by atoms with E-state index in [9.17, 15) is 4.79 Å². The van der Waals surface area contributed by atoms with Gasteiger partial charge in [0.2, 0.25) is 0 Å².